The van der Waals surface area contributed by atoms with E-state index >= 15 is 0 Å². The number of ether oxygens (including phenoxy) is 2. The van der Waals surface area contributed by atoms with Crippen molar-refractivity contribution in [3.63, 3.8) is 0 Å². The number of piperidine rings is 1. The zero-order chi connectivity index (χ0) is 24.3. The third-order valence-electron chi connectivity index (χ3n) is 5.94. The second-order valence-electron chi connectivity index (χ2n) is 8.04. The van der Waals surface area contributed by atoms with Gasteiger partial charge in [0.1, 0.15) is 22.2 Å². The smallest absolute Gasteiger partial charge is 0.265 e. The SMILES string of the molecule is COc1ccc(S(=O)(=O)Nc2cnc(N3CCC(O)(c4ccccc4)CC3)c(Cl)c2)c(OC)c1. The van der Waals surface area contributed by atoms with Crippen molar-refractivity contribution in [2.45, 2.75) is 23.3 Å². The highest BCUT2D eigenvalue weighted by atomic mass is 35.5. The van der Waals surface area contributed by atoms with E-state index in [0.29, 0.717) is 42.5 Å². The first-order chi connectivity index (χ1) is 16.3. The van der Waals surface area contributed by atoms with Gasteiger partial charge in [0.15, 0.2) is 0 Å². The molecule has 0 aliphatic carbocycles. The first-order valence-corrected chi connectivity index (χ1v) is 12.5. The normalized spacial score (nSPS) is 15.6. The van der Waals surface area contributed by atoms with E-state index in [0.717, 1.165) is 5.56 Å². The Kier molecular flexibility index (Phi) is 6.88. The van der Waals surface area contributed by atoms with Gasteiger partial charge in [-0.1, -0.05) is 41.9 Å². The van der Waals surface area contributed by atoms with Crippen LogP contribution < -0.4 is 19.1 Å². The first-order valence-electron chi connectivity index (χ1n) is 10.7. The van der Waals surface area contributed by atoms with Gasteiger partial charge in [0.05, 0.1) is 36.7 Å². The first kappa shape index (κ1) is 24.1. The lowest BCUT2D eigenvalue weighted by molar-refractivity contribution is 0.0116. The molecule has 1 fully saturated rings. The molecule has 34 heavy (non-hydrogen) atoms. The molecule has 1 aliphatic rings. The third-order valence-corrected chi connectivity index (χ3v) is 7.63. The Morgan fingerprint density at radius 3 is 2.38 bits per heavy atom. The molecule has 1 aromatic heterocycles. The van der Waals surface area contributed by atoms with Crippen LogP contribution in [0.15, 0.2) is 65.7 Å². The predicted octanol–water partition coefficient (Wildman–Crippen LogP) is 4.04. The summed E-state index contributed by atoms with van der Waals surface area (Å²) in [5.74, 6) is 1.18. The van der Waals surface area contributed by atoms with Gasteiger partial charge in [0.25, 0.3) is 10.0 Å². The van der Waals surface area contributed by atoms with Crippen LogP contribution in [-0.4, -0.2) is 45.8 Å². The zero-order valence-corrected chi connectivity index (χ0v) is 20.4. The Labute approximate surface area is 204 Å². The number of halogens is 1. The summed E-state index contributed by atoms with van der Waals surface area (Å²) >= 11 is 6.48. The molecular formula is C24H26ClN3O5S. The molecule has 0 unspecified atom stereocenters. The summed E-state index contributed by atoms with van der Waals surface area (Å²) in [5, 5.41) is 11.4. The Morgan fingerprint density at radius 1 is 1.06 bits per heavy atom. The van der Waals surface area contributed by atoms with Crippen LogP contribution in [0, 0.1) is 0 Å². The van der Waals surface area contributed by atoms with Crippen molar-refractivity contribution in [3.05, 3.63) is 71.4 Å². The second kappa shape index (κ2) is 9.69. The number of rotatable bonds is 7. The van der Waals surface area contributed by atoms with E-state index in [1.165, 1.54) is 38.6 Å². The number of aliphatic hydroxyl groups is 1. The van der Waals surface area contributed by atoms with Crippen molar-refractivity contribution >= 4 is 33.1 Å². The van der Waals surface area contributed by atoms with Crippen LogP contribution in [0.25, 0.3) is 0 Å². The lowest BCUT2D eigenvalue weighted by Crippen LogP contribution is -2.43. The zero-order valence-electron chi connectivity index (χ0n) is 18.9. The number of pyridine rings is 1. The number of aromatic nitrogens is 1. The topological polar surface area (TPSA) is 101 Å². The van der Waals surface area contributed by atoms with Gasteiger partial charge in [-0.15, -0.1) is 0 Å². The highest BCUT2D eigenvalue weighted by Crippen LogP contribution is 2.37. The van der Waals surface area contributed by atoms with Crippen LogP contribution in [0.4, 0.5) is 11.5 Å². The number of nitrogens with one attached hydrogen (secondary N) is 1. The lowest BCUT2D eigenvalue weighted by atomic mass is 9.84. The van der Waals surface area contributed by atoms with Gasteiger partial charge in [-0.3, -0.25) is 4.72 Å². The standard InChI is InChI=1S/C24H26ClN3O5S/c1-32-19-8-9-22(21(15-19)33-2)34(30,31)27-18-14-20(25)23(26-16-18)28-12-10-24(29,11-13-28)17-6-4-3-5-7-17/h3-9,14-16,27,29H,10-13H2,1-2H3. The van der Waals surface area contributed by atoms with E-state index in [4.69, 9.17) is 21.1 Å². The van der Waals surface area contributed by atoms with E-state index < -0.39 is 15.6 Å². The van der Waals surface area contributed by atoms with Crippen molar-refractivity contribution in [2.24, 2.45) is 0 Å². The summed E-state index contributed by atoms with van der Waals surface area (Å²) in [7, 11) is -1.08. The number of hydrogen-bond donors (Lipinski definition) is 2. The average Bonchev–Trinajstić information content (AvgIpc) is 2.85. The fourth-order valence-corrected chi connectivity index (χ4v) is 5.52. The predicted molar refractivity (Wildman–Crippen MR) is 131 cm³/mol. The molecule has 1 saturated heterocycles. The van der Waals surface area contributed by atoms with Crippen LogP contribution in [0.1, 0.15) is 18.4 Å². The summed E-state index contributed by atoms with van der Waals surface area (Å²) in [6.07, 6.45) is 2.48. The summed E-state index contributed by atoms with van der Waals surface area (Å²) in [6, 6.07) is 15.6. The number of hydrogen-bond acceptors (Lipinski definition) is 7. The Hall–Kier alpha value is -3.01. The van der Waals surface area contributed by atoms with Crippen molar-refractivity contribution in [2.75, 3.05) is 36.9 Å². The summed E-state index contributed by atoms with van der Waals surface area (Å²) < 4.78 is 38.7. The van der Waals surface area contributed by atoms with E-state index in [2.05, 4.69) is 9.71 Å². The minimum atomic E-state index is -3.96. The second-order valence-corrected chi connectivity index (χ2v) is 10.1. The molecule has 0 spiro atoms. The van der Waals surface area contributed by atoms with Crippen LogP contribution in [0.3, 0.4) is 0 Å². The number of benzene rings is 2. The third kappa shape index (κ3) is 4.91. The molecule has 1 aliphatic heterocycles. The van der Waals surface area contributed by atoms with Crippen molar-refractivity contribution in [3.8, 4) is 11.5 Å². The van der Waals surface area contributed by atoms with Crippen molar-refractivity contribution < 1.29 is 23.0 Å². The van der Waals surface area contributed by atoms with E-state index in [1.807, 2.05) is 35.2 Å². The van der Waals surface area contributed by atoms with E-state index in [9.17, 15) is 13.5 Å². The maximum atomic E-state index is 12.9. The Morgan fingerprint density at radius 2 is 1.76 bits per heavy atom. The van der Waals surface area contributed by atoms with Gasteiger partial charge in [-0.05, 0) is 36.6 Å². The number of sulfonamides is 1. The molecular weight excluding hydrogens is 478 g/mol. The summed E-state index contributed by atoms with van der Waals surface area (Å²) in [4.78, 5) is 6.36. The van der Waals surface area contributed by atoms with E-state index in [1.54, 1.807) is 6.07 Å². The van der Waals surface area contributed by atoms with Crippen molar-refractivity contribution in [1.29, 1.82) is 0 Å². The molecule has 2 aromatic carbocycles. The summed E-state index contributed by atoms with van der Waals surface area (Å²) in [6.45, 7) is 1.12. The van der Waals surface area contributed by atoms with Gasteiger partial charge < -0.3 is 19.5 Å². The molecule has 8 nitrogen and oxygen atoms in total. The number of nitrogens with zero attached hydrogens (tertiary/aromatic N) is 2. The molecule has 4 rings (SSSR count). The lowest BCUT2D eigenvalue weighted by Gasteiger charge is -2.39. The highest BCUT2D eigenvalue weighted by Gasteiger charge is 2.34. The minimum absolute atomic E-state index is 0.0350. The minimum Gasteiger partial charge on any atom is -0.497 e. The van der Waals surface area contributed by atoms with Crippen LogP contribution in [-0.2, 0) is 15.6 Å². The molecule has 0 bridgehead atoms. The molecule has 2 N–H and O–H groups in total. The maximum Gasteiger partial charge on any atom is 0.265 e. The van der Waals surface area contributed by atoms with Crippen LogP contribution in [0.2, 0.25) is 5.02 Å². The number of methoxy groups -OCH3 is 2. The van der Waals surface area contributed by atoms with Gasteiger partial charge in [0, 0.05) is 19.2 Å². The molecule has 0 radical (unpaired) electrons. The number of anilines is 2. The van der Waals surface area contributed by atoms with Crippen molar-refractivity contribution in [1.82, 2.24) is 4.98 Å². The molecule has 0 amide bonds. The fourth-order valence-electron chi connectivity index (χ4n) is 4.05. The van der Waals surface area contributed by atoms with Gasteiger partial charge in [0.2, 0.25) is 0 Å². The molecule has 3 aromatic rings. The highest BCUT2D eigenvalue weighted by molar-refractivity contribution is 7.92. The average molecular weight is 504 g/mol. The van der Waals surface area contributed by atoms with Crippen LogP contribution in [0.5, 0.6) is 11.5 Å². The molecule has 2 heterocycles. The quantitative estimate of drug-likeness (QED) is 0.501. The molecule has 0 atom stereocenters. The molecule has 0 saturated carbocycles. The van der Waals surface area contributed by atoms with Crippen LogP contribution >= 0.6 is 11.6 Å². The fraction of sp³-hybridized carbons (Fsp3) is 0.292. The Balaban J connectivity index is 1.49. The molecule has 10 heteroatoms. The van der Waals surface area contributed by atoms with Gasteiger partial charge in [-0.25, -0.2) is 13.4 Å². The Bertz CT molecular complexity index is 1260. The van der Waals surface area contributed by atoms with Gasteiger partial charge >= 0.3 is 0 Å². The van der Waals surface area contributed by atoms with Gasteiger partial charge in [-0.2, -0.15) is 0 Å². The monoisotopic (exact) mass is 503 g/mol. The largest absolute Gasteiger partial charge is 0.497 e. The maximum absolute atomic E-state index is 12.9. The summed E-state index contributed by atoms with van der Waals surface area (Å²) in [5.41, 5.74) is 0.230. The molecule has 180 valence electrons. The van der Waals surface area contributed by atoms with E-state index in [-0.39, 0.29) is 16.3 Å².